The zero-order chi connectivity index (χ0) is 93.5. The smallest absolute Gasteiger partial charge is 0.193 e. The van der Waals surface area contributed by atoms with Crippen molar-refractivity contribution in [2.75, 3.05) is 0 Å². The maximum absolute atomic E-state index is 12.8. The van der Waals surface area contributed by atoms with Crippen molar-refractivity contribution in [3.05, 3.63) is 559 Å². The molecule has 0 N–H and O–H groups in total. The fourth-order valence-electron chi connectivity index (χ4n) is 13.4. The molecule has 0 aromatic heterocycles. The Hall–Kier alpha value is -14.9. The van der Waals surface area contributed by atoms with Gasteiger partial charge in [0.05, 0.1) is 0 Å². The summed E-state index contributed by atoms with van der Waals surface area (Å²) < 4.78 is 5.69. The molecule has 0 bridgehead atoms. The molecule has 0 radical (unpaired) electrons. The van der Waals surface area contributed by atoms with Crippen molar-refractivity contribution < 1.29 is 9.53 Å². The lowest BCUT2D eigenvalue weighted by molar-refractivity contribution is 0.103. The van der Waals surface area contributed by atoms with E-state index in [1.165, 1.54) is 143 Å². The Bertz CT molecular complexity index is 6100. The van der Waals surface area contributed by atoms with Gasteiger partial charge in [0.15, 0.2) is 5.78 Å². The van der Waals surface area contributed by atoms with E-state index in [2.05, 4.69) is 474 Å². The van der Waals surface area contributed by atoms with Gasteiger partial charge in [-0.15, -0.1) is 0 Å². The summed E-state index contributed by atoms with van der Waals surface area (Å²) in [5, 5.41) is 0. The molecule has 0 aliphatic rings. The van der Waals surface area contributed by atoms with E-state index in [9.17, 15) is 4.79 Å². The summed E-state index contributed by atoms with van der Waals surface area (Å²) in [5.41, 5.74) is 38.8. The fourth-order valence-corrected chi connectivity index (χ4v) is 14.2. The molecule has 0 aliphatic heterocycles. The number of hydrogen-bond acceptors (Lipinski definition) is 3. The van der Waals surface area contributed by atoms with E-state index < -0.39 is 0 Å². The first kappa shape index (κ1) is 119. The lowest BCUT2D eigenvalue weighted by atomic mass is 9.97. The Morgan fingerprint density at radius 2 is 0.314 bits per heavy atom. The summed E-state index contributed by atoms with van der Waals surface area (Å²) in [4.78, 5) is 15.4. The van der Waals surface area contributed by atoms with Crippen molar-refractivity contribution in [2.45, 2.75) is 180 Å². The minimum absolute atomic E-state index is 0. The largest absolute Gasteiger partial charge is 0.457 e. The van der Waals surface area contributed by atoms with E-state index in [1.54, 1.807) is 11.8 Å². The third kappa shape index (κ3) is 41.2. The SMILES string of the molecule is C.C.C.C.C.C.C.C.Cc1ccc(-c2ccc(-c3ccc(C)cc3)cc2)cc1.Cc1ccc(-c2ccc(C(=O)c3ccc(-c4ccc(C)cc4)cc3)cc2)cc1.Cc1ccc(-c2ccc(C)cc2)cc1.Cc1ccc(/C=C/c2ccc(C)cc2)cc1.Cc1ccc(C#Cc2ccc(C)cc2)cc1.Cc1ccc(C)cc1.Cc1ccc(Oc2ccc(C)cc2)cc1.Cc1ccc(Sc2ccc(C)cc2)cc1. The zero-order valence-corrected chi connectivity index (χ0v) is 80.3. The first-order valence-corrected chi connectivity index (χ1v) is 46.0. The average molecular weight is 1860 g/mol. The van der Waals surface area contributed by atoms with E-state index in [1.807, 2.05) is 97.1 Å². The van der Waals surface area contributed by atoms with E-state index >= 15 is 0 Å². The molecule has 720 valence electrons. The summed E-state index contributed by atoms with van der Waals surface area (Å²) in [6.07, 6.45) is 4.29. The van der Waals surface area contributed by atoms with Gasteiger partial charge >= 0.3 is 0 Å². The van der Waals surface area contributed by atoms with Crippen molar-refractivity contribution in [2.24, 2.45) is 0 Å². The van der Waals surface area contributed by atoms with Crippen LogP contribution in [0.5, 0.6) is 11.5 Å². The lowest BCUT2D eigenvalue weighted by Gasteiger charge is -2.07. The third-order valence-electron chi connectivity index (χ3n) is 22.0. The summed E-state index contributed by atoms with van der Waals surface area (Å²) >= 11 is 1.80. The minimum atomic E-state index is 0. The molecule has 0 saturated carbocycles. The van der Waals surface area contributed by atoms with Gasteiger partial charge in [-0.1, -0.05) is 548 Å². The Labute approximate surface area is 851 Å². The van der Waals surface area contributed by atoms with Crippen molar-refractivity contribution in [3.63, 3.8) is 0 Å². The summed E-state index contributed by atoms with van der Waals surface area (Å²) in [7, 11) is 0. The van der Waals surface area contributed by atoms with E-state index in [-0.39, 0.29) is 65.2 Å². The Kier molecular flexibility index (Phi) is 52.8. The molecular weight excluding hydrogens is 1710 g/mol. The molecule has 0 amide bonds. The van der Waals surface area contributed by atoms with Gasteiger partial charge in [0.25, 0.3) is 0 Å². The number of aryl methyl sites for hydroxylation is 16. The third-order valence-corrected chi connectivity index (χ3v) is 23.0. The summed E-state index contributed by atoms with van der Waals surface area (Å²) in [6, 6.07) is 151. The standard InChI is InChI=1S/C27H22O.C20H18.C16H16.C16H14.C14H14O.C14H14S.C14H14.C8H10.8CH4/c1-19-3-7-21(8-4-19)23-11-15-25(16-12-23)27(28)26-17-13-24(14-18-26)22-9-5-20(2)6-10-22;1-15-3-7-17(8-4-15)19-11-13-20(14-12-19)18-9-5-16(2)6-10-18;2*1-13-3-7-15(8-4-13)11-12-16-9-5-14(2)6-10-16;2*1-11-3-7-13(8-4-11)15-14-9-5-12(2)6-10-14;1-11-3-7-13(8-4-11)14-9-5-12(2)6-10-14;1-7-3-5-8(2)6-4-7;;;;;;;;/h3-18H,1-2H3;3-14H,1-2H3;3-12H,1-2H3;3-10H,1-2H3;2*3-10H,1-2H3;3-10H,1-2H3;3-6H,1-2H3;8*1H4/b;;12-11+;;;;;;;;;;;;;. The van der Waals surface area contributed by atoms with Crippen LogP contribution in [0.15, 0.2) is 447 Å². The number of hydrogen-bond donors (Lipinski definition) is 0. The number of rotatable bonds is 13. The molecule has 0 saturated heterocycles. The first-order valence-electron chi connectivity index (χ1n) is 45.2. The minimum Gasteiger partial charge on any atom is -0.457 e. The molecule has 18 aromatic rings. The van der Waals surface area contributed by atoms with Crippen LogP contribution >= 0.6 is 11.8 Å². The van der Waals surface area contributed by atoms with Crippen molar-refractivity contribution in [1.29, 1.82) is 0 Å². The zero-order valence-electron chi connectivity index (χ0n) is 79.4. The van der Waals surface area contributed by atoms with Crippen molar-refractivity contribution in [1.82, 2.24) is 0 Å². The van der Waals surface area contributed by atoms with Gasteiger partial charge < -0.3 is 4.74 Å². The Balaban J connectivity index is 0.000000415. The van der Waals surface area contributed by atoms with Crippen molar-refractivity contribution in [3.8, 4) is 79.0 Å². The van der Waals surface area contributed by atoms with Crippen LogP contribution in [0, 0.1) is 123 Å². The second-order valence-corrected chi connectivity index (χ2v) is 35.2. The van der Waals surface area contributed by atoms with Crippen molar-refractivity contribution >= 4 is 29.7 Å². The molecule has 0 aliphatic carbocycles. The molecule has 2 nitrogen and oxygen atoms in total. The van der Waals surface area contributed by atoms with Crippen LogP contribution in [0.3, 0.4) is 0 Å². The van der Waals surface area contributed by atoms with Crippen LogP contribution in [-0.4, -0.2) is 5.78 Å². The first-order chi connectivity index (χ1) is 63.8. The van der Waals surface area contributed by atoms with Crippen LogP contribution in [0.2, 0.25) is 0 Å². The van der Waals surface area contributed by atoms with Gasteiger partial charge in [0.1, 0.15) is 11.5 Å². The summed E-state index contributed by atoms with van der Waals surface area (Å²) in [5.74, 6) is 8.12. The monoisotopic (exact) mass is 1860 g/mol. The molecule has 0 atom stereocenters. The summed E-state index contributed by atoms with van der Waals surface area (Å²) in [6.45, 7) is 33.5. The molecule has 0 heterocycles. The second kappa shape index (κ2) is 62.0. The number of carbonyl (C=O) groups excluding carboxylic acids is 1. The molecule has 3 heteroatoms. The number of ether oxygens (including phenoxy) is 1. The molecule has 18 rings (SSSR count). The number of ketones is 1. The number of benzene rings is 18. The average Bonchev–Trinajstić information content (AvgIpc) is 0.821. The molecule has 140 heavy (non-hydrogen) atoms. The van der Waals surface area contributed by atoms with Crippen LogP contribution < -0.4 is 4.74 Å². The predicted octanol–water partition coefficient (Wildman–Crippen LogP) is 40.6. The van der Waals surface area contributed by atoms with Gasteiger partial charge in [-0.2, -0.15) is 0 Å². The van der Waals surface area contributed by atoms with E-state index in [0.29, 0.717) is 11.1 Å². The molecule has 0 spiro atoms. The molecule has 0 unspecified atom stereocenters. The van der Waals surface area contributed by atoms with Gasteiger partial charge in [0.2, 0.25) is 0 Å². The second-order valence-electron chi connectivity index (χ2n) is 34.0. The molecular formula is C137H154O2S. The fraction of sp³-hybridized carbons (Fsp3) is 0.175. The van der Waals surface area contributed by atoms with Gasteiger partial charge in [-0.05, 0) is 250 Å². The van der Waals surface area contributed by atoms with Gasteiger partial charge in [-0.25, -0.2) is 0 Å². The highest BCUT2D eigenvalue weighted by Gasteiger charge is 2.12. The van der Waals surface area contributed by atoms with Crippen LogP contribution in [0.4, 0.5) is 0 Å². The maximum Gasteiger partial charge on any atom is 0.193 e. The van der Waals surface area contributed by atoms with Crippen LogP contribution in [0.1, 0.15) is 187 Å². The van der Waals surface area contributed by atoms with E-state index in [0.717, 1.165) is 44.9 Å². The normalized spacial score (nSPS) is 9.66. The van der Waals surface area contributed by atoms with Crippen LogP contribution in [-0.2, 0) is 0 Å². The Morgan fingerprint density at radius 3 is 0.500 bits per heavy atom. The highest BCUT2D eigenvalue weighted by atomic mass is 32.2. The Morgan fingerprint density at radius 1 is 0.179 bits per heavy atom. The topological polar surface area (TPSA) is 26.3 Å². The quantitative estimate of drug-likeness (QED) is 0.0654. The highest BCUT2D eigenvalue weighted by molar-refractivity contribution is 7.99. The van der Waals surface area contributed by atoms with E-state index in [4.69, 9.17) is 4.74 Å². The number of carbonyl (C=O) groups is 1. The molecule has 0 fully saturated rings. The van der Waals surface area contributed by atoms with Gasteiger partial charge in [-0.3, -0.25) is 4.79 Å². The predicted molar refractivity (Wildman–Crippen MR) is 623 cm³/mol. The lowest BCUT2D eigenvalue weighted by Crippen LogP contribution is -2.00. The molecule has 18 aromatic carbocycles. The van der Waals surface area contributed by atoms with Gasteiger partial charge in [0, 0.05) is 32.0 Å². The van der Waals surface area contributed by atoms with Crippen LogP contribution in [0.25, 0.3) is 67.8 Å². The highest BCUT2D eigenvalue weighted by Crippen LogP contribution is 2.31. The maximum atomic E-state index is 12.8.